The number of carbonyl (C=O) groups excluding carboxylic acids is 3. The molecule has 2 heterocycles. The molecule has 2 fully saturated rings. The van der Waals surface area contributed by atoms with Crippen molar-refractivity contribution in [3.8, 4) is 0 Å². The van der Waals surface area contributed by atoms with E-state index in [2.05, 4.69) is 5.32 Å². The predicted molar refractivity (Wildman–Crippen MR) is 107 cm³/mol. The first-order chi connectivity index (χ1) is 13.1. The van der Waals surface area contributed by atoms with Crippen LogP contribution in [0.5, 0.6) is 0 Å². The summed E-state index contributed by atoms with van der Waals surface area (Å²) in [4.78, 5) is 39.8. The van der Waals surface area contributed by atoms with Crippen LogP contribution in [0.3, 0.4) is 0 Å². The van der Waals surface area contributed by atoms with Crippen molar-refractivity contribution < 1.29 is 14.4 Å². The molecule has 0 unspecified atom stereocenters. The highest BCUT2D eigenvalue weighted by Gasteiger charge is 2.51. The van der Waals surface area contributed by atoms with Crippen molar-refractivity contribution in [2.24, 2.45) is 0 Å². The Balaban J connectivity index is 1.35. The molecule has 1 aliphatic heterocycles. The molecule has 1 aliphatic carbocycles. The van der Waals surface area contributed by atoms with E-state index >= 15 is 0 Å². The fourth-order valence-electron chi connectivity index (χ4n) is 3.17. The van der Waals surface area contributed by atoms with Crippen molar-refractivity contribution in [2.45, 2.75) is 18.3 Å². The van der Waals surface area contributed by atoms with Gasteiger partial charge >= 0.3 is 0 Å². The van der Waals surface area contributed by atoms with Crippen LogP contribution in [-0.4, -0.2) is 35.0 Å². The second-order valence-corrected chi connectivity index (χ2v) is 8.53. The van der Waals surface area contributed by atoms with Gasteiger partial charge in [0.25, 0.3) is 11.1 Å². The van der Waals surface area contributed by atoms with Crippen LogP contribution < -0.4 is 5.32 Å². The quantitative estimate of drug-likeness (QED) is 0.755. The minimum atomic E-state index is -0.445. The molecule has 0 spiro atoms. The van der Waals surface area contributed by atoms with Crippen LogP contribution in [0.25, 0.3) is 6.08 Å². The van der Waals surface area contributed by atoms with E-state index in [9.17, 15) is 14.4 Å². The summed E-state index contributed by atoms with van der Waals surface area (Å²) >= 11 is 2.46. The van der Waals surface area contributed by atoms with E-state index < -0.39 is 5.41 Å². The minimum absolute atomic E-state index is 0.0326. The number of rotatable bonds is 6. The highest BCUT2D eigenvalue weighted by molar-refractivity contribution is 8.18. The highest BCUT2D eigenvalue weighted by Crippen LogP contribution is 2.48. The van der Waals surface area contributed by atoms with Crippen molar-refractivity contribution in [3.63, 3.8) is 0 Å². The molecule has 1 aromatic carbocycles. The maximum Gasteiger partial charge on any atom is 0.293 e. The predicted octanol–water partition coefficient (Wildman–Crippen LogP) is 3.63. The van der Waals surface area contributed by atoms with Crippen LogP contribution in [-0.2, 0) is 15.0 Å². The van der Waals surface area contributed by atoms with Gasteiger partial charge < -0.3 is 5.32 Å². The maximum atomic E-state index is 12.6. The average molecular weight is 399 g/mol. The number of thioether (sulfide) groups is 1. The molecule has 2 aliphatic rings. The number of benzene rings is 1. The van der Waals surface area contributed by atoms with Gasteiger partial charge in [0.05, 0.1) is 10.3 Å². The van der Waals surface area contributed by atoms with Crippen LogP contribution in [0.15, 0.2) is 52.7 Å². The number of nitrogens with zero attached hydrogens (tertiary/aromatic N) is 1. The molecule has 0 bridgehead atoms. The number of hydrogen-bond acceptors (Lipinski definition) is 5. The summed E-state index contributed by atoms with van der Waals surface area (Å²) in [5.74, 6) is -0.327. The van der Waals surface area contributed by atoms with E-state index in [0.717, 1.165) is 35.0 Å². The topological polar surface area (TPSA) is 66.5 Å². The van der Waals surface area contributed by atoms with Crippen molar-refractivity contribution >= 4 is 46.2 Å². The van der Waals surface area contributed by atoms with Crippen LogP contribution in [0, 0.1) is 0 Å². The molecule has 1 saturated heterocycles. The molecular formula is C20H18N2O3S2. The molecule has 7 heteroatoms. The number of amides is 3. The van der Waals surface area contributed by atoms with Gasteiger partial charge in [-0.2, -0.15) is 0 Å². The van der Waals surface area contributed by atoms with Gasteiger partial charge in [0.15, 0.2) is 0 Å². The summed E-state index contributed by atoms with van der Waals surface area (Å²) in [6.07, 6.45) is 3.39. The zero-order valence-corrected chi connectivity index (χ0v) is 16.1. The molecule has 4 rings (SSSR count). The second kappa shape index (κ2) is 7.32. The molecule has 0 atom stereocenters. The Morgan fingerprint density at radius 2 is 1.93 bits per heavy atom. The Hall–Kier alpha value is -2.38. The number of carbonyl (C=O) groups is 3. The summed E-state index contributed by atoms with van der Waals surface area (Å²) in [6.45, 7) is 0.445. The minimum Gasteiger partial charge on any atom is -0.354 e. The van der Waals surface area contributed by atoms with E-state index in [1.165, 1.54) is 16.2 Å². The Bertz CT molecular complexity index is 903. The van der Waals surface area contributed by atoms with Crippen LogP contribution in [0.4, 0.5) is 4.79 Å². The van der Waals surface area contributed by atoms with Gasteiger partial charge in [0, 0.05) is 18.0 Å². The monoisotopic (exact) mass is 398 g/mol. The Kier molecular flexibility index (Phi) is 4.88. The molecular weight excluding hydrogens is 380 g/mol. The zero-order chi connectivity index (χ0) is 18.9. The number of nitrogens with one attached hydrogen (secondary N) is 1. The van der Waals surface area contributed by atoms with E-state index in [-0.39, 0.29) is 30.1 Å². The first-order valence-electron chi connectivity index (χ1n) is 8.73. The number of hydrogen-bond donors (Lipinski definition) is 1. The Morgan fingerprint density at radius 1 is 1.15 bits per heavy atom. The van der Waals surface area contributed by atoms with Gasteiger partial charge in [0.1, 0.15) is 0 Å². The van der Waals surface area contributed by atoms with Crippen LogP contribution >= 0.6 is 23.1 Å². The van der Waals surface area contributed by atoms with Gasteiger partial charge in [-0.05, 0) is 47.7 Å². The lowest BCUT2D eigenvalue weighted by atomic mass is 9.95. The molecule has 1 aromatic heterocycles. The van der Waals surface area contributed by atoms with Crippen molar-refractivity contribution in [2.75, 3.05) is 13.1 Å². The second-order valence-electron chi connectivity index (χ2n) is 6.55. The molecule has 1 N–H and O–H groups in total. The van der Waals surface area contributed by atoms with Gasteiger partial charge in [0.2, 0.25) is 5.91 Å². The first kappa shape index (κ1) is 18.0. The van der Waals surface area contributed by atoms with Crippen molar-refractivity contribution in [3.05, 3.63) is 63.2 Å². The number of thiophene rings is 1. The van der Waals surface area contributed by atoms with E-state index in [1.807, 2.05) is 47.8 Å². The molecule has 2 aromatic rings. The van der Waals surface area contributed by atoms with E-state index in [4.69, 9.17) is 0 Å². The van der Waals surface area contributed by atoms with E-state index in [1.54, 1.807) is 6.08 Å². The van der Waals surface area contributed by atoms with Crippen molar-refractivity contribution in [1.29, 1.82) is 0 Å². The molecule has 27 heavy (non-hydrogen) atoms. The van der Waals surface area contributed by atoms with Gasteiger partial charge in [-0.3, -0.25) is 19.3 Å². The lowest BCUT2D eigenvalue weighted by Gasteiger charge is -2.17. The summed E-state index contributed by atoms with van der Waals surface area (Å²) < 4.78 is 0. The van der Waals surface area contributed by atoms with Crippen molar-refractivity contribution in [1.82, 2.24) is 10.2 Å². The molecule has 3 amide bonds. The third-order valence-electron chi connectivity index (χ3n) is 4.82. The van der Waals surface area contributed by atoms with Gasteiger partial charge in [-0.15, -0.1) is 11.3 Å². The SMILES string of the molecule is O=C1S/C(=C\c2cccs2)C(=O)N1CCNC(=O)C1(c2ccccc2)CC1. The Morgan fingerprint density at radius 3 is 2.59 bits per heavy atom. The first-order valence-corrected chi connectivity index (χ1v) is 10.4. The largest absolute Gasteiger partial charge is 0.354 e. The lowest BCUT2D eigenvalue weighted by Crippen LogP contribution is -2.41. The van der Waals surface area contributed by atoms with E-state index in [0.29, 0.717) is 4.91 Å². The maximum absolute atomic E-state index is 12.6. The van der Waals surface area contributed by atoms with Crippen LogP contribution in [0.1, 0.15) is 23.3 Å². The molecule has 1 saturated carbocycles. The highest BCUT2D eigenvalue weighted by atomic mass is 32.2. The fraction of sp³-hybridized carbons (Fsp3) is 0.250. The smallest absolute Gasteiger partial charge is 0.293 e. The fourth-order valence-corrected chi connectivity index (χ4v) is 4.76. The van der Waals surface area contributed by atoms with Crippen LogP contribution in [0.2, 0.25) is 0 Å². The standard InChI is InChI=1S/C20H18N2O3S2/c23-17-16(13-15-7-4-12-26-15)27-19(25)22(17)11-10-21-18(24)20(8-9-20)14-5-2-1-3-6-14/h1-7,12-13H,8-11H2,(H,21,24)/b16-13-. The average Bonchev–Trinajstić information content (AvgIpc) is 3.26. The number of imide groups is 1. The normalized spacial score (nSPS) is 19.6. The summed E-state index contributed by atoms with van der Waals surface area (Å²) in [5, 5.41) is 4.53. The molecule has 0 radical (unpaired) electrons. The summed E-state index contributed by atoms with van der Waals surface area (Å²) in [7, 11) is 0. The third kappa shape index (κ3) is 3.57. The molecule has 138 valence electrons. The third-order valence-corrected chi connectivity index (χ3v) is 6.55. The van der Waals surface area contributed by atoms with Gasteiger partial charge in [-0.25, -0.2) is 0 Å². The Labute approximate surface area is 165 Å². The lowest BCUT2D eigenvalue weighted by molar-refractivity contribution is -0.125. The zero-order valence-electron chi connectivity index (χ0n) is 14.5. The summed E-state index contributed by atoms with van der Waals surface area (Å²) in [6, 6.07) is 13.5. The summed E-state index contributed by atoms with van der Waals surface area (Å²) in [5.41, 5.74) is 0.576. The molecule has 5 nitrogen and oxygen atoms in total. The van der Waals surface area contributed by atoms with Gasteiger partial charge in [-0.1, -0.05) is 36.4 Å².